The summed E-state index contributed by atoms with van der Waals surface area (Å²) in [5, 5.41) is 0.810. The molecule has 2 unspecified atom stereocenters. The molecule has 0 saturated heterocycles. The maximum Gasteiger partial charge on any atom is 0.165 e. The highest BCUT2D eigenvalue weighted by molar-refractivity contribution is 7.99. The molecular formula is C18H27NOS. The molecule has 1 fully saturated rings. The van der Waals surface area contributed by atoms with E-state index >= 15 is 0 Å². The van der Waals surface area contributed by atoms with E-state index in [1.165, 1.54) is 36.4 Å². The van der Waals surface area contributed by atoms with E-state index in [4.69, 9.17) is 0 Å². The Morgan fingerprint density at radius 3 is 2.81 bits per heavy atom. The van der Waals surface area contributed by atoms with E-state index in [9.17, 15) is 4.79 Å². The van der Waals surface area contributed by atoms with Crippen LogP contribution in [0.25, 0.3) is 0 Å². The van der Waals surface area contributed by atoms with Gasteiger partial charge in [-0.2, -0.15) is 11.8 Å². The van der Waals surface area contributed by atoms with Gasteiger partial charge in [-0.25, -0.2) is 0 Å². The lowest BCUT2D eigenvalue weighted by Gasteiger charge is -2.31. The van der Waals surface area contributed by atoms with Crippen LogP contribution >= 0.6 is 11.8 Å². The molecule has 21 heavy (non-hydrogen) atoms. The molecule has 2 nitrogen and oxygen atoms in total. The van der Waals surface area contributed by atoms with Crippen molar-refractivity contribution in [2.45, 2.75) is 71.1 Å². The lowest BCUT2D eigenvalue weighted by Crippen LogP contribution is -2.28. The van der Waals surface area contributed by atoms with Gasteiger partial charge in [-0.05, 0) is 49.8 Å². The van der Waals surface area contributed by atoms with Crippen molar-refractivity contribution in [3.63, 3.8) is 0 Å². The number of fused-ring (bicyclic) bond motifs is 1. The topological polar surface area (TPSA) is 22.0 Å². The molecule has 0 N–H and O–H groups in total. The van der Waals surface area contributed by atoms with E-state index in [1.54, 1.807) is 0 Å². The molecule has 1 heterocycles. The molecule has 0 aromatic carbocycles. The average Bonchev–Trinajstić information content (AvgIpc) is 2.93. The molecule has 0 amide bonds. The maximum absolute atomic E-state index is 12.4. The second-order valence-corrected chi connectivity index (χ2v) is 9.08. The summed E-state index contributed by atoms with van der Waals surface area (Å²) in [6, 6.07) is 2.76. The Balaban J connectivity index is 1.92. The summed E-state index contributed by atoms with van der Waals surface area (Å²) in [6.45, 7) is 8.89. The first kappa shape index (κ1) is 15.2. The second kappa shape index (κ2) is 5.49. The zero-order valence-electron chi connectivity index (χ0n) is 13.7. The van der Waals surface area contributed by atoms with Crippen molar-refractivity contribution >= 4 is 17.5 Å². The van der Waals surface area contributed by atoms with Crippen molar-refractivity contribution in [3.05, 3.63) is 23.0 Å². The number of Topliss-reactive ketones (excluding diaryl/α,β-unsaturated/α-hetero) is 1. The predicted octanol–water partition coefficient (Wildman–Crippen LogP) is 4.80. The van der Waals surface area contributed by atoms with E-state index < -0.39 is 0 Å². The van der Waals surface area contributed by atoms with Crippen molar-refractivity contribution in [2.24, 2.45) is 5.41 Å². The monoisotopic (exact) mass is 305 g/mol. The number of aryl methyl sites for hydroxylation is 1. The van der Waals surface area contributed by atoms with E-state index in [-0.39, 0.29) is 5.41 Å². The highest BCUT2D eigenvalue weighted by atomic mass is 32.2. The normalized spacial score (nSPS) is 27.9. The first-order valence-electron chi connectivity index (χ1n) is 8.27. The molecule has 0 aliphatic heterocycles. The molecule has 1 aromatic rings. The Kier molecular flexibility index (Phi) is 3.98. The van der Waals surface area contributed by atoms with Crippen LogP contribution < -0.4 is 0 Å². The highest BCUT2D eigenvalue weighted by Gasteiger charge is 2.36. The zero-order chi connectivity index (χ0) is 15.2. The van der Waals surface area contributed by atoms with Crippen molar-refractivity contribution in [1.82, 2.24) is 4.57 Å². The number of rotatable bonds is 3. The number of carbonyl (C=O) groups excluding carboxylic acids is 1. The number of ketones is 1. The number of carbonyl (C=O) groups is 1. The highest BCUT2D eigenvalue weighted by Crippen LogP contribution is 2.42. The standard InChI is InChI=1S/C18H27NOS/c1-5-21-14-7-6-13(9-14)19-12(2)8-15-16(19)10-18(3,4)11-17(15)20/h8,13-14H,5-7,9-11H2,1-4H3. The fraction of sp³-hybridized carbons (Fsp3) is 0.722. The van der Waals surface area contributed by atoms with E-state index in [0.717, 1.165) is 17.2 Å². The van der Waals surface area contributed by atoms with Crippen LogP contribution in [-0.4, -0.2) is 21.4 Å². The summed E-state index contributed by atoms with van der Waals surface area (Å²) in [4.78, 5) is 12.4. The minimum atomic E-state index is 0.114. The van der Waals surface area contributed by atoms with Gasteiger partial charge in [0.15, 0.2) is 5.78 Å². The van der Waals surface area contributed by atoms with Crippen LogP contribution in [0, 0.1) is 12.3 Å². The number of hydrogen-bond donors (Lipinski definition) is 0. The molecule has 3 heteroatoms. The molecule has 2 aliphatic carbocycles. The third-order valence-electron chi connectivity index (χ3n) is 5.04. The molecule has 0 spiro atoms. The molecule has 1 aromatic heterocycles. The summed E-state index contributed by atoms with van der Waals surface area (Å²) in [7, 11) is 0. The van der Waals surface area contributed by atoms with Crippen LogP contribution in [0.1, 0.15) is 74.2 Å². The van der Waals surface area contributed by atoms with Crippen LogP contribution in [-0.2, 0) is 6.42 Å². The quantitative estimate of drug-likeness (QED) is 0.800. The fourth-order valence-corrected chi connectivity index (χ4v) is 5.35. The minimum absolute atomic E-state index is 0.114. The molecule has 2 aliphatic rings. The van der Waals surface area contributed by atoms with Crippen LogP contribution in [0.5, 0.6) is 0 Å². The molecule has 0 bridgehead atoms. The van der Waals surface area contributed by atoms with Gasteiger partial charge in [0.25, 0.3) is 0 Å². The van der Waals surface area contributed by atoms with Gasteiger partial charge in [0.05, 0.1) is 0 Å². The first-order valence-corrected chi connectivity index (χ1v) is 9.31. The average molecular weight is 305 g/mol. The summed E-state index contributed by atoms with van der Waals surface area (Å²) in [6.07, 6.45) is 5.61. The van der Waals surface area contributed by atoms with Gasteiger partial charge in [0, 0.05) is 34.7 Å². The van der Waals surface area contributed by atoms with Gasteiger partial charge < -0.3 is 4.57 Å². The molecule has 3 rings (SSSR count). The minimum Gasteiger partial charge on any atom is -0.345 e. The molecule has 116 valence electrons. The van der Waals surface area contributed by atoms with Crippen molar-refractivity contribution in [2.75, 3.05) is 5.75 Å². The Labute approximate surface area is 132 Å². The third kappa shape index (κ3) is 2.81. The summed E-state index contributed by atoms with van der Waals surface area (Å²) < 4.78 is 2.52. The van der Waals surface area contributed by atoms with Gasteiger partial charge in [0.1, 0.15) is 0 Å². The lowest BCUT2D eigenvalue weighted by molar-refractivity contribution is 0.0909. The fourth-order valence-electron chi connectivity index (χ4n) is 4.22. The van der Waals surface area contributed by atoms with Crippen LogP contribution in [0.2, 0.25) is 0 Å². The molecular weight excluding hydrogens is 278 g/mol. The van der Waals surface area contributed by atoms with Crippen molar-refractivity contribution in [1.29, 1.82) is 0 Å². The second-order valence-electron chi connectivity index (χ2n) is 7.50. The van der Waals surface area contributed by atoms with Gasteiger partial charge in [-0.3, -0.25) is 4.79 Å². The third-order valence-corrected chi connectivity index (χ3v) is 6.28. The lowest BCUT2D eigenvalue weighted by atomic mass is 9.76. The van der Waals surface area contributed by atoms with Gasteiger partial charge >= 0.3 is 0 Å². The van der Waals surface area contributed by atoms with Gasteiger partial charge in [-0.1, -0.05) is 20.8 Å². The Bertz CT molecular complexity index is 558. The largest absolute Gasteiger partial charge is 0.345 e. The van der Waals surface area contributed by atoms with Crippen LogP contribution in [0.4, 0.5) is 0 Å². The Morgan fingerprint density at radius 1 is 1.33 bits per heavy atom. The molecule has 0 radical (unpaired) electrons. The molecule has 2 atom stereocenters. The summed E-state index contributed by atoms with van der Waals surface area (Å²) >= 11 is 2.10. The zero-order valence-corrected chi connectivity index (χ0v) is 14.6. The number of nitrogens with zero attached hydrogens (tertiary/aromatic N) is 1. The van der Waals surface area contributed by atoms with E-state index in [1.807, 2.05) is 0 Å². The summed E-state index contributed by atoms with van der Waals surface area (Å²) in [5.74, 6) is 1.56. The Hall–Kier alpha value is -0.700. The van der Waals surface area contributed by atoms with Gasteiger partial charge in [-0.15, -0.1) is 0 Å². The van der Waals surface area contributed by atoms with Crippen LogP contribution in [0.3, 0.4) is 0 Å². The molecule has 1 saturated carbocycles. The first-order chi connectivity index (χ1) is 9.91. The van der Waals surface area contributed by atoms with E-state index in [2.05, 4.69) is 50.1 Å². The smallest absolute Gasteiger partial charge is 0.165 e. The number of thioether (sulfide) groups is 1. The maximum atomic E-state index is 12.4. The SMILES string of the molecule is CCSC1CCC(n2c(C)cc3c2CC(C)(C)CC3=O)C1. The number of aromatic nitrogens is 1. The predicted molar refractivity (Wildman–Crippen MR) is 90.4 cm³/mol. The van der Waals surface area contributed by atoms with Crippen molar-refractivity contribution in [3.8, 4) is 0 Å². The van der Waals surface area contributed by atoms with Gasteiger partial charge in [0.2, 0.25) is 0 Å². The Morgan fingerprint density at radius 2 is 2.10 bits per heavy atom. The van der Waals surface area contributed by atoms with Crippen LogP contribution in [0.15, 0.2) is 6.07 Å². The van der Waals surface area contributed by atoms with E-state index in [0.29, 0.717) is 18.2 Å². The van der Waals surface area contributed by atoms with Crippen molar-refractivity contribution < 1.29 is 4.79 Å². The number of hydrogen-bond acceptors (Lipinski definition) is 2. The summed E-state index contributed by atoms with van der Waals surface area (Å²) in [5.41, 5.74) is 3.74.